The summed E-state index contributed by atoms with van der Waals surface area (Å²) in [4.78, 5) is 14.0. The molecule has 27 heavy (non-hydrogen) atoms. The minimum Gasteiger partial charge on any atom is -0.444 e. The molecule has 4 saturated heterocycles. The van der Waals surface area contributed by atoms with Crippen molar-refractivity contribution in [3.8, 4) is 0 Å². The molecule has 3 N–H and O–H groups in total. The van der Waals surface area contributed by atoms with E-state index in [-0.39, 0.29) is 23.8 Å². The number of aliphatic hydroxyl groups is 2. The second kappa shape index (κ2) is 7.20. The van der Waals surface area contributed by atoms with Crippen LogP contribution in [0.5, 0.6) is 0 Å². The van der Waals surface area contributed by atoms with Gasteiger partial charge in [-0.1, -0.05) is 0 Å². The molecule has 0 aliphatic carbocycles. The molecule has 0 aromatic rings. The maximum absolute atomic E-state index is 12.1. The summed E-state index contributed by atoms with van der Waals surface area (Å²) in [6.07, 6.45) is 7.51. The van der Waals surface area contributed by atoms with Crippen LogP contribution in [0.15, 0.2) is 0 Å². The Balaban J connectivity index is 0.000000177. The van der Waals surface area contributed by atoms with Crippen LogP contribution >= 0.6 is 0 Å². The molecular formula is C21H38N2O4. The molecular weight excluding hydrogens is 344 g/mol. The van der Waals surface area contributed by atoms with Gasteiger partial charge in [0.05, 0.1) is 11.2 Å². The number of piperidine rings is 2. The van der Waals surface area contributed by atoms with Gasteiger partial charge in [-0.25, -0.2) is 4.79 Å². The monoisotopic (exact) mass is 382 g/mol. The van der Waals surface area contributed by atoms with E-state index in [4.69, 9.17) is 4.74 Å². The quantitative estimate of drug-likeness (QED) is 0.600. The van der Waals surface area contributed by atoms with Crippen molar-refractivity contribution in [1.82, 2.24) is 10.2 Å². The van der Waals surface area contributed by atoms with Crippen molar-refractivity contribution in [3.05, 3.63) is 0 Å². The van der Waals surface area contributed by atoms with Gasteiger partial charge in [0.2, 0.25) is 0 Å². The zero-order valence-electron chi connectivity index (χ0n) is 17.6. The molecule has 4 aliphatic heterocycles. The Hall–Kier alpha value is -0.850. The number of carbonyl (C=O) groups is 1. The number of carbonyl (C=O) groups excluding carboxylic acids is 1. The van der Waals surface area contributed by atoms with E-state index < -0.39 is 11.2 Å². The Bertz CT molecular complexity index is 525. The van der Waals surface area contributed by atoms with E-state index in [1.807, 2.05) is 39.5 Å². The first kappa shape index (κ1) is 20.9. The number of fused-ring (bicyclic) bond motifs is 4. The van der Waals surface area contributed by atoms with Crippen LogP contribution in [0.25, 0.3) is 0 Å². The average Bonchev–Trinajstić information content (AvgIpc) is 2.95. The third-order valence-corrected chi connectivity index (χ3v) is 6.28. The number of amides is 1. The van der Waals surface area contributed by atoms with Crippen molar-refractivity contribution in [3.63, 3.8) is 0 Å². The maximum atomic E-state index is 12.1. The van der Waals surface area contributed by atoms with Crippen molar-refractivity contribution < 1.29 is 19.7 Å². The summed E-state index contributed by atoms with van der Waals surface area (Å²) in [6, 6.07) is 1.51. The van der Waals surface area contributed by atoms with Gasteiger partial charge in [-0.2, -0.15) is 0 Å². The fourth-order valence-electron chi connectivity index (χ4n) is 5.44. The molecule has 0 aromatic heterocycles. The van der Waals surface area contributed by atoms with E-state index in [9.17, 15) is 15.0 Å². The Morgan fingerprint density at radius 1 is 0.926 bits per heavy atom. The summed E-state index contributed by atoms with van der Waals surface area (Å²) >= 11 is 0. The van der Waals surface area contributed by atoms with Crippen LogP contribution in [0.1, 0.15) is 86.0 Å². The van der Waals surface area contributed by atoms with Crippen molar-refractivity contribution in [2.45, 2.75) is 127 Å². The summed E-state index contributed by atoms with van der Waals surface area (Å²) < 4.78 is 5.43. The number of ether oxygens (including phenoxy) is 1. The van der Waals surface area contributed by atoms with E-state index in [0.717, 1.165) is 25.7 Å². The van der Waals surface area contributed by atoms with E-state index in [1.165, 1.54) is 12.8 Å². The van der Waals surface area contributed by atoms with Gasteiger partial charge in [0.25, 0.3) is 0 Å². The smallest absolute Gasteiger partial charge is 0.410 e. The molecule has 156 valence electrons. The van der Waals surface area contributed by atoms with Crippen molar-refractivity contribution in [2.24, 2.45) is 0 Å². The van der Waals surface area contributed by atoms with Crippen molar-refractivity contribution in [2.75, 3.05) is 0 Å². The minimum absolute atomic E-state index is 0.151. The normalized spacial score (nSPS) is 43.1. The lowest BCUT2D eigenvalue weighted by molar-refractivity contribution is -0.0483. The molecule has 6 heteroatoms. The van der Waals surface area contributed by atoms with Gasteiger partial charge >= 0.3 is 6.09 Å². The van der Waals surface area contributed by atoms with Crippen LogP contribution in [0, 0.1) is 0 Å². The number of rotatable bonds is 0. The molecule has 2 unspecified atom stereocenters. The molecule has 4 fully saturated rings. The van der Waals surface area contributed by atoms with Crippen molar-refractivity contribution in [1.29, 1.82) is 0 Å². The number of nitrogens with one attached hydrogen (secondary N) is 1. The van der Waals surface area contributed by atoms with E-state index in [1.54, 1.807) is 0 Å². The standard InChI is InChI=1S/C13H23NO3.C8H15NO/c1-12(2,3)17-11(15)14-9-5-6-10(14)8-13(4,16)7-9;1-8(10)4-6-2-3-7(5-8)9-6/h9-10,16H,5-8H2,1-4H3;6-7,9-10H,2-5H2,1H3/t9-,10+,13?;6-,7+,8?. The predicted molar refractivity (Wildman–Crippen MR) is 105 cm³/mol. The molecule has 4 heterocycles. The van der Waals surface area contributed by atoms with Gasteiger partial charge in [0, 0.05) is 24.2 Å². The van der Waals surface area contributed by atoms with Crippen molar-refractivity contribution >= 4 is 6.09 Å². The zero-order chi connectivity index (χ0) is 20.0. The first-order valence-electron chi connectivity index (χ1n) is 10.6. The molecule has 4 aliphatic rings. The summed E-state index contributed by atoms with van der Waals surface area (Å²) in [5.41, 5.74) is -1.45. The number of nitrogens with zero attached hydrogens (tertiary/aromatic N) is 1. The highest BCUT2D eigenvalue weighted by molar-refractivity contribution is 5.69. The summed E-state index contributed by atoms with van der Waals surface area (Å²) in [7, 11) is 0. The van der Waals surface area contributed by atoms with Gasteiger partial charge in [0.1, 0.15) is 5.60 Å². The lowest BCUT2D eigenvalue weighted by atomic mass is 9.88. The lowest BCUT2D eigenvalue weighted by Gasteiger charge is -2.42. The third-order valence-electron chi connectivity index (χ3n) is 6.28. The lowest BCUT2D eigenvalue weighted by Crippen LogP contribution is -2.53. The highest BCUT2D eigenvalue weighted by Crippen LogP contribution is 2.41. The topological polar surface area (TPSA) is 82.0 Å². The van der Waals surface area contributed by atoms with Crippen LogP contribution in [-0.4, -0.2) is 62.2 Å². The number of hydrogen-bond donors (Lipinski definition) is 3. The Morgan fingerprint density at radius 2 is 1.37 bits per heavy atom. The molecule has 4 bridgehead atoms. The first-order chi connectivity index (χ1) is 12.3. The summed E-state index contributed by atoms with van der Waals surface area (Å²) in [6.45, 7) is 9.47. The molecule has 0 radical (unpaired) electrons. The van der Waals surface area contributed by atoms with Crippen LogP contribution in [0.3, 0.4) is 0 Å². The van der Waals surface area contributed by atoms with Crippen LogP contribution in [-0.2, 0) is 4.74 Å². The second-order valence-electron chi connectivity index (χ2n) is 10.7. The molecule has 0 spiro atoms. The molecule has 6 nitrogen and oxygen atoms in total. The molecule has 0 aromatic carbocycles. The Kier molecular flexibility index (Phi) is 5.56. The highest BCUT2D eigenvalue weighted by atomic mass is 16.6. The fourth-order valence-corrected chi connectivity index (χ4v) is 5.44. The minimum atomic E-state index is -0.621. The predicted octanol–water partition coefficient (Wildman–Crippen LogP) is 2.95. The largest absolute Gasteiger partial charge is 0.444 e. The van der Waals surface area contributed by atoms with Gasteiger partial charge in [0.15, 0.2) is 0 Å². The van der Waals surface area contributed by atoms with E-state index >= 15 is 0 Å². The summed E-state index contributed by atoms with van der Waals surface area (Å²) in [5.74, 6) is 0. The van der Waals surface area contributed by atoms with E-state index in [0.29, 0.717) is 24.9 Å². The average molecular weight is 383 g/mol. The fraction of sp³-hybridized carbons (Fsp3) is 0.952. The zero-order valence-corrected chi connectivity index (χ0v) is 17.6. The number of hydrogen-bond acceptors (Lipinski definition) is 5. The highest BCUT2D eigenvalue weighted by Gasteiger charge is 2.48. The molecule has 4 rings (SSSR count). The Morgan fingerprint density at radius 3 is 1.81 bits per heavy atom. The molecule has 1 amide bonds. The first-order valence-corrected chi connectivity index (χ1v) is 10.6. The molecule has 6 atom stereocenters. The van der Waals surface area contributed by atoms with Gasteiger partial charge in [-0.3, -0.25) is 0 Å². The SMILES string of the molecule is CC1(O)C[C@H]2CC[C@@H](C1)N2.CC1(O)C[C@H]2CC[C@@H](C1)N2C(=O)OC(C)(C)C. The maximum Gasteiger partial charge on any atom is 0.410 e. The summed E-state index contributed by atoms with van der Waals surface area (Å²) in [5, 5.41) is 23.3. The van der Waals surface area contributed by atoms with Gasteiger partial charge in [-0.15, -0.1) is 0 Å². The second-order valence-corrected chi connectivity index (χ2v) is 10.7. The Labute approximate surface area is 163 Å². The van der Waals surface area contributed by atoms with Crippen LogP contribution in [0.2, 0.25) is 0 Å². The van der Waals surface area contributed by atoms with Gasteiger partial charge in [-0.05, 0) is 86.0 Å². The van der Waals surface area contributed by atoms with Crippen LogP contribution < -0.4 is 5.32 Å². The van der Waals surface area contributed by atoms with Crippen LogP contribution in [0.4, 0.5) is 4.79 Å². The molecule has 0 saturated carbocycles. The van der Waals surface area contributed by atoms with Gasteiger partial charge < -0.3 is 25.2 Å². The van der Waals surface area contributed by atoms with E-state index in [2.05, 4.69) is 5.32 Å². The third kappa shape index (κ3) is 5.36.